The number of fused-ring (bicyclic) bond motifs is 1. The topological polar surface area (TPSA) is 88.1 Å². The number of benzene rings is 1. The summed E-state index contributed by atoms with van der Waals surface area (Å²) in [5.74, 6) is 1.38. The molecule has 2 heterocycles. The number of nitrogens with zero attached hydrogens (tertiary/aromatic N) is 1. The van der Waals surface area contributed by atoms with Gasteiger partial charge in [-0.15, -0.1) is 0 Å². The molecule has 0 saturated carbocycles. The van der Waals surface area contributed by atoms with Gasteiger partial charge >= 0.3 is 0 Å². The lowest BCUT2D eigenvalue weighted by atomic mass is 10.1. The van der Waals surface area contributed by atoms with Crippen molar-refractivity contribution in [3.8, 4) is 17.1 Å². The van der Waals surface area contributed by atoms with Crippen molar-refractivity contribution in [1.82, 2.24) is 9.97 Å². The fourth-order valence-electron chi connectivity index (χ4n) is 2.17. The van der Waals surface area contributed by atoms with Crippen LogP contribution in [0.15, 0.2) is 28.8 Å². The summed E-state index contributed by atoms with van der Waals surface area (Å²) in [5, 5.41) is 10.7. The van der Waals surface area contributed by atoms with Crippen LogP contribution in [0.2, 0.25) is 0 Å². The number of H-pyrrole nitrogens is 1. The van der Waals surface area contributed by atoms with Crippen molar-refractivity contribution in [3.63, 3.8) is 0 Å². The van der Waals surface area contributed by atoms with E-state index in [0.717, 1.165) is 16.6 Å². The molecule has 0 aliphatic carbocycles. The Morgan fingerprint density at radius 2 is 2.28 bits per heavy atom. The number of nitrogens with two attached hydrogens (primary N) is 1. The maximum atomic E-state index is 9.81. The lowest BCUT2D eigenvalue weighted by molar-refractivity contribution is 0.480. The van der Waals surface area contributed by atoms with Crippen molar-refractivity contribution in [2.75, 3.05) is 0 Å². The zero-order chi connectivity index (χ0) is 12.7. The predicted octanol–water partition coefficient (Wildman–Crippen LogP) is 2.30. The molecule has 3 rings (SSSR count). The van der Waals surface area contributed by atoms with Gasteiger partial charge in [0.25, 0.3) is 0 Å². The van der Waals surface area contributed by atoms with Gasteiger partial charge in [0, 0.05) is 16.6 Å². The second kappa shape index (κ2) is 3.89. The Bertz CT molecular complexity index is 712. The van der Waals surface area contributed by atoms with E-state index in [1.807, 2.05) is 13.0 Å². The first kappa shape index (κ1) is 10.9. The van der Waals surface area contributed by atoms with Crippen LogP contribution in [0.5, 0.6) is 5.75 Å². The van der Waals surface area contributed by atoms with Crippen molar-refractivity contribution in [2.24, 2.45) is 5.73 Å². The second-order valence-corrected chi connectivity index (χ2v) is 4.15. The number of aromatic amines is 1. The molecular formula is C13H13N3O2. The number of hydrogen-bond acceptors (Lipinski definition) is 4. The molecule has 92 valence electrons. The number of nitrogens with one attached hydrogen (secondary N) is 1. The Balaban J connectivity index is 2.28. The van der Waals surface area contributed by atoms with E-state index < -0.39 is 0 Å². The SMILES string of the molecule is Cc1[nH]c2c(O)cccc2c1-c1cnc(CN)o1. The van der Waals surface area contributed by atoms with Gasteiger partial charge < -0.3 is 20.2 Å². The number of phenolic OH excluding ortho intramolecular Hbond substituents is 1. The van der Waals surface area contributed by atoms with E-state index in [1.165, 1.54) is 0 Å². The molecule has 4 N–H and O–H groups in total. The molecule has 18 heavy (non-hydrogen) atoms. The van der Waals surface area contributed by atoms with Gasteiger partial charge in [-0.05, 0) is 13.0 Å². The highest BCUT2D eigenvalue weighted by Crippen LogP contribution is 2.35. The molecule has 2 aromatic heterocycles. The van der Waals surface area contributed by atoms with Crippen molar-refractivity contribution >= 4 is 10.9 Å². The van der Waals surface area contributed by atoms with Crippen LogP contribution >= 0.6 is 0 Å². The highest BCUT2D eigenvalue weighted by atomic mass is 16.4. The Morgan fingerprint density at radius 3 is 3.00 bits per heavy atom. The van der Waals surface area contributed by atoms with Crippen LogP contribution in [0.25, 0.3) is 22.2 Å². The molecular weight excluding hydrogens is 230 g/mol. The Hall–Kier alpha value is -2.27. The van der Waals surface area contributed by atoms with Gasteiger partial charge in [-0.1, -0.05) is 12.1 Å². The average molecular weight is 243 g/mol. The molecule has 0 unspecified atom stereocenters. The first-order valence-electron chi connectivity index (χ1n) is 5.66. The zero-order valence-electron chi connectivity index (χ0n) is 9.90. The molecule has 0 saturated heterocycles. The van der Waals surface area contributed by atoms with Crippen LogP contribution in [0.4, 0.5) is 0 Å². The molecule has 0 radical (unpaired) electrons. The first-order chi connectivity index (χ1) is 8.70. The quantitative estimate of drug-likeness (QED) is 0.644. The van der Waals surface area contributed by atoms with Crippen LogP contribution in [0.1, 0.15) is 11.6 Å². The predicted molar refractivity (Wildman–Crippen MR) is 68.1 cm³/mol. The van der Waals surface area contributed by atoms with E-state index in [0.29, 0.717) is 17.2 Å². The van der Waals surface area contributed by atoms with Crippen molar-refractivity contribution < 1.29 is 9.52 Å². The van der Waals surface area contributed by atoms with E-state index in [9.17, 15) is 5.11 Å². The molecule has 0 amide bonds. The molecule has 0 atom stereocenters. The van der Waals surface area contributed by atoms with Gasteiger partial charge in [0.15, 0.2) is 5.76 Å². The van der Waals surface area contributed by atoms with Crippen LogP contribution < -0.4 is 5.73 Å². The Labute approximate surface area is 103 Å². The average Bonchev–Trinajstić information content (AvgIpc) is 2.93. The number of rotatable bonds is 2. The van der Waals surface area contributed by atoms with Gasteiger partial charge in [-0.2, -0.15) is 0 Å². The lowest BCUT2D eigenvalue weighted by Crippen LogP contribution is -1.94. The van der Waals surface area contributed by atoms with Crippen LogP contribution in [-0.4, -0.2) is 15.1 Å². The summed E-state index contributed by atoms with van der Waals surface area (Å²) in [6, 6.07) is 5.38. The van der Waals surface area contributed by atoms with Crippen molar-refractivity contribution in [2.45, 2.75) is 13.5 Å². The molecule has 0 aliphatic heterocycles. The standard InChI is InChI=1S/C13H13N3O2/c1-7-12(10-6-15-11(5-14)18-10)8-3-2-4-9(17)13(8)16-7/h2-4,6,16-17H,5,14H2,1H3. The van der Waals surface area contributed by atoms with E-state index in [2.05, 4.69) is 9.97 Å². The minimum absolute atomic E-state index is 0.223. The molecule has 0 spiro atoms. The summed E-state index contributed by atoms with van der Waals surface area (Å²) in [5.41, 5.74) is 8.02. The summed E-state index contributed by atoms with van der Waals surface area (Å²) >= 11 is 0. The summed E-state index contributed by atoms with van der Waals surface area (Å²) in [7, 11) is 0. The molecule has 0 aliphatic rings. The monoisotopic (exact) mass is 243 g/mol. The second-order valence-electron chi connectivity index (χ2n) is 4.15. The number of phenols is 1. The normalized spacial score (nSPS) is 11.2. The third-order valence-corrected chi connectivity index (χ3v) is 2.97. The first-order valence-corrected chi connectivity index (χ1v) is 5.66. The van der Waals surface area contributed by atoms with Crippen LogP contribution in [0.3, 0.4) is 0 Å². The Morgan fingerprint density at radius 1 is 1.44 bits per heavy atom. The maximum absolute atomic E-state index is 9.81. The van der Waals surface area contributed by atoms with E-state index in [-0.39, 0.29) is 12.3 Å². The molecule has 5 nitrogen and oxygen atoms in total. The number of aryl methyl sites for hydroxylation is 1. The highest BCUT2D eigenvalue weighted by Gasteiger charge is 2.16. The minimum atomic E-state index is 0.223. The minimum Gasteiger partial charge on any atom is -0.506 e. The number of hydrogen-bond donors (Lipinski definition) is 3. The highest BCUT2D eigenvalue weighted by molar-refractivity contribution is 5.98. The van der Waals surface area contributed by atoms with Crippen LogP contribution in [-0.2, 0) is 6.54 Å². The number of aromatic nitrogens is 2. The van der Waals surface area contributed by atoms with Gasteiger partial charge in [-0.3, -0.25) is 0 Å². The van der Waals surface area contributed by atoms with Gasteiger partial charge in [0.2, 0.25) is 5.89 Å². The molecule has 0 fully saturated rings. The summed E-state index contributed by atoms with van der Waals surface area (Å²) in [6.45, 7) is 2.20. The summed E-state index contributed by atoms with van der Waals surface area (Å²) in [4.78, 5) is 7.25. The van der Waals surface area contributed by atoms with Gasteiger partial charge in [0.05, 0.1) is 18.3 Å². The third kappa shape index (κ3) is 1.48. The zero-order valence-corrected chi connectivity index (χ0v) is 9.90. The van der Waals surface area contributed by atoms with E-state index in [4.69, 9.17) is 10.2 Å². The maximum Gasteiger partial charge on any atom is 0.208 e. The third-order valence-electron chi connectivity index (χ3n) is 2.97. The number of para-hydroxylation sites is 1. The fraction of sp³-hybridized carbons (Fsp3) is 0.154. The number of oxazole rings is 1. The van der Waals surface area contributed by atoms with E-state index >= 15 is 0 Å². The van der Waals surface area contributed by atoms with E-state index in [1.54, 1.807) is 18.3 Å². The number of aromatic hydroxyl groups is 1. The van der Waals surface area contributed by atoms with Crippen molar-refractivity contribution in [1.29, 1.82) is 0 Å². The summed E-state index contributed by atoms with van der Waals surface area (Å²) in [6.07, 6.45) is 1.65. The van der Waals surface area contributed by atoms with Gasteiger partial charge in [0.1, 0.15) is 5.75 Å². The van der Waals surface area contributed by atoms with Crippen LogP contribution in [0, 0.1) is 6.92 Å². The van der Waals surface area contributed by atoms with Gasteiger partial charge in [-0.25, -0.2) is 4.98 Å². The van der Waals surface area contributed by atoms with Crippen molar-refractivity contribution in [3.05, 3.63) is 36.0 Å². The molecule has 5 heteroatoms. The fourth-order valence-corrected chi connectivity index (χ4v) is 2.17. The lowest BCUT2D eigenvalue weighted by Gasteiger charge is -1.96. The molecule has 0 bridgehead atoms. The summed E-state index contributed by atoms with van der Waals surface area (Å²) < 4.78 is 5.57. The molecule has 1 aromatic carbocycles. The smallest absolute Gasteiger partial charge is 0.208 e. The molecule has 3 aromatic rings. The Kier molecular flexibility index (Phi) is 2.34. The largest absolute Gasteiger partial charge is 0.506 e.